The van der Waals surface area contributed by atoms with Crippen LogP contribution in [0.15, 0.2) is 18.2 Å². The van der Waals surface area contributed by atoms with Crippen LogP contribution < -0.4 is 10.6 Å². The van der Waals surface area contributed by atoms with Gasteiger partial charge in [-0.05, 0) is 49.4 Å². The molecule has 1 aliphatic heterocycles. The molecule has 0 radical (unpaired) electrons. The van der Waals surface area contributed by atoms with Gasteiger partial charge in [-0.2, -0.15) is 0 Å². The highest BCUT2D eigenvalue weighted by Crippen LogP contribution is 2.16. The van der Waals surface area contributed by atoms with E-state index in [1.165, 1.54) is 5.56 Å². The molecular formula is C15H22N2O3S. The van der Waals surface area contributed by atoms with E-state index in [2.05, 4.69) is 17.6 Å². The Morgan fingerprint density at radius 1 is 1.29 bits per heavy atom. The van der Waals surface area contributed by atoms with Crippen molar-refractivity contribution in [1.82, 2.24) is 5.32 Å². The van der Waals surface area contributed by atoms with Crippen LogP contribution in [0.1, 0.15) is 30.9 Å². The lowest BCUT2D eigenvalue weighted by molar-refractivity contribution is 0.247. The van der Waals surface area contributed by atoms with Gasteiger partial charge in [-0.3, -0.25) is 0 Å². The summed E-state index contributed by atoms with van der Waals surface area (Å²) in [5, 5.41) is 5.64. The summed E-state index contributed by atoms with van der Waals surface area (Å²) in [4.78, 5) is 11.9. The molecule has 1 saturated heterocycles. The summed E-state index contributed by atoms with van der Waals surface area (Å²) in [7, 11) is -2.90. The van der Waals surface area contributed by atoms with E-state index in [1.807, 2.05) is 25.1 Å². The predicted molar refractivity (Wildman–Crippen MR) is 84.4 cm³/mol. The number of aryl methyl sites for hydroxylation is 2. The molecule has 2 N–H and O–H groups in total. The Morgan fingerprint density at radius 3 is 2.52 bits per heavy atom. The number of carbonyl (C=O) groups is 1. The molecule has 0 atom stereocenters. The number of urea groups is 1. The largest absolute Gasteiger partial charge is 0.335 e. The maximum Gasteiger partial charge on any atom is 0.319 e. The van der Waals surface area contributed by atoms with Gasteiger partial charge in [-0.15, -0.1) is 0 Å². The Hall–Kier alpha value is -1.56. The molecule has 1 fully saturated rings. The molecule has 1 aliphatic rings. The van der Waals surface area contributed by atoms with Crippen LogP contribution >= 0.6 is 0 Å². The summed E-state index contributed by atoms with van der Waals surface area (Å²) in [5.74, 6) is 0.310. The van der Waals surface area contributed by atoms with Crippen molar-refractivity contribution in [2.24, 2.45) is 0 Å². The second kappa shape index (κ2) is 6.47. The van der Waals surface area contributed by atoms with Gasteiger partial charge in [0.15, 0.2) is 0 Å². The number of sulfone groups is 1. The first kappa shape index (κ1) is 15.8. The lowest BCUT2D eigenvalue weighted by Crippen LogP contribution is -2.42. The minimum atomic E-state index is -2.90. The molecule has 0 aromatic heterocycles. The molecule has 21 heavy (non-hydrogen) atoms. The van der Waals surface area contributed by atoms with Gasteiger partial charge < -0.3 is 10.6 Å². The number of anilines is 1. The first-order chi connectivity index (χ1) is 9.89. The Kier molecular flexibility index (Phi) is 4.88. The standard InChI is InChI=1S/C15H22N2O3S/c1-3-12-4-5-14(10-11(12)2)17-15(18)16-13-6-8-21(19,20)9-7-13/h4-5,10,13H,3,6-9H2,1-2H3,(H2,16,17,18). The molecule has 6 heteroatoms. The average molecular weight is 310 g/mol. The zero-order valence-corrected chi connectivity index (χ0v) is 13.3. The topological polar surface area (TPSA) is 75.3 Å². The monoisotopic (exact) mass is 310 g/mol. The number of amides is 2. The van der Waals surface area contributed by atoms with E-state index in [0.29, 0.717) is 12.8 Å². The van der Waals surface area contributed by atoms with Crippen molar-refractivity contribution in [3.8, 4) is 0 Å². The Bertz CT molecular complexity index is 612. The van der Waals surface area contributed by atoms with Crippen molar-refractivity contribution in [2.75, 3.05) is 16.8 Å². The summed E-state index contributed by atoms with van der Waals surface area (Å²) in [5.41, 5.74) is 3.17. The summed E-state index contributed by atoms with van der Waals surface area (Å²) in [6.45, 7) is 4.12. The summed E-state index contributed by atoms with van der Waals surface area (Å²) in [6.07, 6.45) is 1.95. The van der Waals surface area contributed by atoms with Crippen LogP contribution in [0.2, 0.25) is 0 Å². The van der Waals surface area contributed by atoms with Gasteiger partial charge in [0.2, 0.25) is 0 Å². The van der Waals surface area contributed by atoms with Crippen LogP contribution in [0.5, 0.6) is 0 Å². The van der Waals surface area contributed by atoms with Gasteiger partial charge in [0, 0.05) is 11.7 Å². The van der Waals surface area contributed by atoms with Gasteiger partial charge in [0.1, 0.15) is 9.84 Å². The first-order valence-electron chi connectivity index (χ1n) is 7.27. The maximum absolute atomic E-state index is 11.9. The molecule has 5 nitrogen and oxygen atoms in total. The Morgan fingerprint density at radius 2 is 1.95 bits per heavy atom. The fraction of sp³-hybridized carbons (Fsp3) is 0.533. The summed E-state index contributed by atoms with van der Waals surface area (Å²) < 4.78 is 22.7. The SMILES string of the molecule is CCc1ccc(NC(=O)NC2CCS(=O)(=O)CC2)cc1C. The van der Waals surface area contributed by atoms with Crippen LogP contribution in [0.25, 0.3) is 0 Å². The zero-order chi connectivity index (χ0) is 15.5. The van der Waals surface area contributed by atoms with Gasteiger partial charge in [-0.1, -0.05) is 13.0 Å². The number of rotatable bonds is 3. The quantitative estimate of drug-likeness (QED) is 0.899. The van der Waals surface area contributed by atoms with Crippen LogP contribution in [-0.2, 0) is 16.3 Å². The molecule has 2 amide bonds. The molecule has 1 aromatic carbocycles. The third-order valence-corrected chi connectivity index (χ3v) is 5.59. The highest BCUT2D eigenvalue weighted by Gasteiger charge is 2.24. The molecule has 0 saturated carbocycles. The minimum absolute atomic E-state index is 0.0652. The van der Waals surface area contributed by atoms with E-state index in [-0.39, 0.29) is 23.6 Å². The average Bonchev–Trinajstić information content (AvgIpc) is 2.41. The van der Waals surface area contributed by atoms with Crippen molar-refractivity contribution >= 4 is 21.6 Å². The van der Waals surface area contributed by atoms with Crippen LogP contribution in [0.3, 0.4) is 0 Å². The third-order valence-electron chi connectivity index (χ3n) is 3.87. The van der Waals surface area contributed by atoms with E-state index >= 15 is 0 Å². The second-order valence-electron chi connectivity index (χ2n) is 5.52. The number of nitrogens with one attached hydrogen (secondary N) is 2. The van der Waals surface area contributed by atoms with Crippen molar-refractivity contribution in [1.29, 1.82) is 0 Å². The lowest BCUT2D eigenvalue weighted by Gasteiger charge is -2.23. The number of carbonyl (C=O) groups excluding carboxylic acids is 1. The highest BCUT2D eigenvalue weighted by molar-refractivity contribution is 7.91. The van der Waals surface area contributed by atoms with Crippen LogP contribution in [-0.4, -0.2) is 32.0 Å². The van der Waals surface area contributed by atoms with E-state index < -0.39 is 9.84 Å². The second-order valence-corrected chi connectivity index (χ2v) is 7.82. The molecule has 116 valence electrons. The third kappa shape index (κ3) is 4.46. The number of benzene rings is 1. The van der Waals surface area contributed by atoms with Gasteiger partial charge in [-0.25, -0.2) is 13.2 Å². The zero-order valence-electron chi connectivity index (χ0n) is 12.5. The van der Waals surface area contributed by atoms with Gasteiger partial charge in [0.25, 0.3) is 0 Å². The van der Waals surface area contributed by atoms with Crippen LogP contribution in [0.4, 0.5) is 10.5 Å². The molecule has 0 aliphatic carbocycles. The highest BCUT2D eigenvalue weighted by atomic mass is 32.2. The normalized spacial score (nSPS) is 18.2. The molecule has 1 aromatic rings. The summed E-state index contributed by atoms with van der Waals surface area (Å²) >= 11 is 0. The molecule has 1 heterocycles. The number of hydrogen-bond donors (Lipinski definition) is 2. The van der Waals surface area contributed by atoms with Crippen LogP contribution in [0, 0.1) is 6.92 Å². The van der Waals surface area contributed by atoms with E-state index in [4.69, 9.17) is 0 Å². The fourth-order valence-electron chi connectivity index (χ4n) is 2.56. The molecular weight excluding hydrogens is 288 g/mol. The van der Waals surface area contributed by atoms with Gasteiger partial charge >= 0.3 is 6.03 Å². The molecule has 0 unspecified atom stereocenters. The van der Waals surface area contributed by atoms with Crippen molar-refractivity contribution < 1.29 is 13.2 Å². The van der Waals surface area contributed by atoms with Gasteiger partial charge in [0.05, 0.1) is 11.5 Å². The predicted octanol–water partition coefficient (Wildman–Crippen LogP) is 2.26. The van der Waals surface area contributed by atoms with E-state index in [9.17, 15) is 13.2 Å². The van der Waals surface area contributed by atoms with Crippen molar-refractivity contribution in [2.45, 2.75) is 39.2 Å². The molecule has 0 spiro atoms. The fourth-order valence-corrected chi connectivity index (χ4v) is 4.05. The Labute approximate surface area is 126 Å². The molecule has 0 bridgehead atoms. The first-order valence-corrected chi connectivity index (χ1v) is 9.09. The minimum Gasteiger partial charge on any atom is -0.335 e. The maximum atomic E-state index is 11.9. The molecule has 2 rings (SSSR count). The smallest absolute Gasteiger partial charge is 0.319 e. The number of hydrogen-bond acceptors (Lipinski definition) is 3. The van der Waals surface area contributed by atoms with E-state index in [1.54, 1.807) is 0 Å². The van der Waals surface area contributed by atoms with Crippen molar-refractivity contribution in [3.63, 3.8) is 0 Å². The van der Waals surface area contributed by atoms with Crippen molar-refractivity contribution in [3.05, 3.63) is 29.3 Å². The lowest BCUT2D eigenvalue weighted by atomic mass is 10.1. The summed E-state index contributed by atoms with van der Waals surface area (Å²) in [6, 6.07) is 5.51. The Balaban J connectivity index is 1.89. The van der Waals surface area contributed by atoms with E-state index in [0.717, 1.165) is 17.7 Å².